The molecule has 0 spiro atoms. The fourth-order valence-corrected chi connectivity index (χ4v) is 4.01. The molecule has 0 bridgehead atoms. The van der Waals surface area contributed by atoms with Crippen molar-refractivity contribution in [2.75, 3.05) is 20.6 Å². The summed E-state index contributed by atoms with van der Waals surface area (Å²) < 4.78 is 6.72. The quantitative estimate of drug-likeness (QED) is 0.388. The van der Waals surface area contributed by atoms with E-state index in [1.165, 1.54) is 32.1 Å². The van der Waals surface area contributed by atoms with Gasteiger partial charge in [0.1, 0.15) is 12.6 Å². The van der Waals surface area contributed by atoms with Crippen molar-refractivity contribution < 1.29 is 38.0 Å². The predicted molar refractivity (Wildman–Crippen MR) is 94.6 cm³/mol. The first kappa shape index (κ1) is 21.4. The normalized spacial score (nSPS) is 17.0. The fraction of sp³-hybridized carbons (Fsp3) is 0.650. The zero-order valence-electron chi connectivity index (χ0n) is 15.8. The van der Waals surface area contributed by atoms with E-state index in [0.717, 1.165) is 27.7 Å². The monoisotopic (exact) mass is 445 g/mol. The van der Waals surface area contributed by atoms with Crippen molar-refractivity contribution >= 4 is 5.97 Å². The number of ether oxygens (including phenoxy) is 1. The van der Waals surface area contributed by atoms with Gasteiger partial charge >= 0.3 is 5.97 Å². The van der Waals surface area contributed by atoms with Gasteiger partial charge < -0.3 is 33.2 Å². The van der Waals surface area contributed by atoms with Gasteiger partial charge in [0.2, 0.25) is 0 Å². The Balaban J connectivity index is 0.00000288. The lowest BCUT2D eigenvalue weighted by Crippen LogP contribution is -3.00. The van der Waals surface area contributed by atoms with Gasteiger partial charge in [-0.3, -0.25) is 0 Å². The van der Waals surface area contributed by atoms with Gasteiger partial charge in [-0.2, -0.15) is 0 Å². The summed E-state index contributed by atoms with van der Waals surface area (Å²) in [7, 11) is 4.55. The zero-order chi connectivity index (χ0) is 17.0. The topological polar surface area (TPSA) is 26.3 Å². The Labute approximate surface area is 164 Å². The summed E-state index contributed by atoms with van der Waals surface area (Å²) >= 11 is 0. The molecule has 0 aliphatic heterocycles. The van der Waals surface area contributed by atoms with Gasteiger partial charge in [0.25, 0.3) is 0 Å². The van der Waals surface area contributed by atoms with Gasteiger partial charge in [-0.15, -0.1) is 0 Å². The Kier molecular flexibility index (Phi) is 8.20. The second-order valence-corrected chi connectivity index (χ2v) is 7.74. The molecule has 0 N–H and O–H groups in total. The van der Waals surface area contributed by atoms with E-state index in [-0.39, 0.29) is 36.0 Å². The van der Waals surface area contributed by atoms with Gasteiger partial charge in [0.05, 0.1) is 25.7 Å². The number of likely N-dealkylation sites (N-methyl/N-ethyl adjacent to an activating group) is 1. The van der Waals surface area contributed by atoms with Crippen LogP contribution < -0.4 is 24.0 Å². The molecule has 1 aromatic carbocycles. The van der Waals surface area contributed by atoms with Gasteiger partial charge in [0.15, 0.2) is 0 Å². The van der Waals surface area contributed by atoms with Crippen molar-refractivity contribution in [3.63, 3.8) is 0 Å². The third-order valence-corrected chi connectivity index (χ3v) is 5.28. The highest BCUT2D eigenvalue weighted by atomic mass is 127. The minimum Gasteiger partial charge on any atom is -1.00 e. The fourth-order valence-electron chi connectivity index (χ4n) is 4.01. The summed E-state index contributed by atoms with van der Waals surface area (Å²) in [6.45, 7) is 6.84. The number of carbonyl (C=O) groups is 1. The minimum absolute atomic E-state index is 0. The van der Waals surface area contributed by atoms with Crippen LogP contribution in [0.2, 0.25) is 0 Å². The SMILES string of the molecule is Cc1cccc(C)c1C(=O)OC(C)C[N+](C)(C)C1CCCCC1.[I-]. The molecule has 1 fully saturated rings. The Morgan fingerprint density at radius 1 is 1.17 bits per heavy atom. The van der Waals surface area contributed by atoms with Crippen LogP contribution in [0.25, 0.3) is 0 Å². The van der Waals surface area contributed by atoms with Crippen LogP contribution in [0.3, 0.4) is 0 Å². The van der Waals surface area contributed by atoms with Crippen LogP contribution in [0, 0.1) is 13.8 Å². The first-order valence-corrected chi connectivity index (χ1v) is 8.91. The molecule has 1 aliphatic rings. The molecule has 1 atom stereocenters. The average molecular weight is 445 g/mol. The molecule has 3 nitrogen and oxygen atoms in total. The first-order valence-electron chi connectivity index (χ1n) is 8.91. The van der Waals surface area contributed by atoms with Crippen molar-refractivity contribution in [1.82, 2.24) is 0 Å². The molecule has 0 radical (unpaired) electrons. The highest BCUT2D eigenvalue weighted by Crippen LogP contribution is 2.26. The summed E-state index contributed by atoms with van der Waals surface area (Å²) in [6.07, 6.45) is 6.56. The van der Waals surface area contributed by atoms with E-state index in [4.69, 9.17) is 4.74 Å². The van der Waals surface area contributed by atoms with E-state index in [1.54, 1.807) is 0 Å². The molecule has 1 unspecified atom stereocenters. The van der Waals surface area contributed by atoms with E-state index >= 15 is 0 Å². The van der Waals surface area contributed by atoms with Gasteiger partial charge in [0, 0.05) is 0 Å². The van der Waals surface area contributed by atoms with Crippen LogP contribution in [0.15, 0.2) is 18.2 Å². The average Bonchev–Trinajstić information content (AvgIpc) is 2.47. The Morgan fingerprint density at radius 2 is 1.71 bits per heavy atom. The molecule has 1 saturated carbocycles. The number of aryl methyl sites for hydroxylation is 2. The van der Waals surface area contributed by atoms with Gasteiger partial charge in [-0.25, -0.2) is 4.79 Å². The molecule has 4 heteroatoms. The largest absolute Gasteiger partial charge is 1.00 e. The number of esters is 1. The van der Waals surface area contributed by atoms with Gasteiger partial charge in [-0.05, 0) is 57.6 Å². The number of carbonyl (C=O) groups excluding carboxylic acids is 1. The molecule has 0 aromatic heterocycles. The van der Waals surface area contributed by atoms with Gasteiger partial charge in [-0.1, -0.05) is 24.6 Å². The number of benzene rings is 1. The molecule has 0 heterocycles. The Hall–Kier alpha value is -0.620. The molecule has 2 rings (SSSR count). The lowest BCUT2D eigenvalue weighted by atomic mass is 9.93. The third kappa shape index (κ3) is 5.45. The summed E-state index contributed by atoms with van der Waals surface area (Å²) in [6, 6.07) is 6.62. The van der Waals surface area contributed by atoms with E-state index in [2.05, 4.69) is 14.1 Å². The lowest BCUT2D eigenvalue weighted by Gasteiger charge is -2.41. The van der Waals surface area contributed by atoms with Crippen molar-refractivity contribution in [3.8, 4) is 0 Å². The van der Waals surface area contributed by atoms with E-state index < -0.39 is 0 Å². The number of rotatable bonds is 5. The maximum Gasteiger partial charge on any atom is 0.339 e. The maximum atomic E-state index is 12.5. The van der Waals surface area contributed by atoms with Crippen LogP contribution >= 0.6 is 0 Å². The lowest BCUT2D eigenvalue weighted by molar-refractivity contribution is -0.918. The second kappa shape index (κ2) is 9.18. The Bertz CT molecular complexity index is 530. The number of halogens is 1. The van der Waals surface area contributed by atoms with Crippen molar-refractivity contribution in [2.24, 2.45) is 0 Å². The van der Waals surface area contributed by atoms with Crippen molar-refractivity contribution in [1.29, 1.82) is 0 Å². The molecular formula is C20H32INO2. The number of quaternary nitrogens is 1. The second-order valence-electron chi connectivity index (χ2n) is 7.74. The van der Waals surface area contributed by atoms with Crippen LogP contribution in [0.5, 0.6) is 0 Å². The molecule has 0 amide bonds. The van der Waals surface area contributed by atoms with Crippen LogP contribution in [0.4, 0.5) is 0 Å². The molecule has 24 heavy (non-hydrogen) atoms. The van der Waals surface area contributed by atoms with Crippen LogP contribution in [0.1, 0.15) is 60.5 Å². The zero-order valence-corrected chi connectivity index (χ0v) is 17.9. The Morgan fingerprint density at radius 3 is 2.25 bits per heavy atom. The number of nitrogens with zero attached hydrogens (tertiary/aromatic N) is 1. The van der Waals surface area contributed by atoms with E-state index in [1.807, 2.05) is 39.0 Å². The molecule has 0 saturated heterocycles. The summed E-state index contributed by atoms with van der Waals surface area (Å²) in [5.41, 5.74) is 2.70. The molecule has 1 aromatic rings. The third-order valence-electron chi connectivity index (χ3n) is 5.28. The van der Waals surface area contributed by atoms with E-state index in [9.17, 15) is 4.79 Å². The molecule has 136 valence electrons. The highest BCUT2D eigenvalue weighted by Gasteiger charge is 2.32. The van der Waals surface area contributed by atoms with Crippen molar-refractivity contribution in [3.05, 3.63) is 34.9 Å². The minimum atomic E-state index is -0.184. The van der Waals surface area contributed by atoms with Crippen LogP contribution in [-0.2, 0) is 4.74 Å². The summed E-state index contributed by atoms with van der Waals surface area (Å²) in [4.78, 5) is 12.5. The maximum absolute atomic E-state index is 12.5. The molecular weight excluding hydrogens is 413 g/mol. The first-order chi connectivity index (χ1) is 10.8. The standard InChI is InChI=1S/C20H32NO2.HI/c1-15-10-9-11-16(2)19(15)20(22)23-17(3)14-21(4,5)18-12-7-6-8-13-18;/h9-11,17-18H,6-8,12-14H2,1-5H3;1H/q+1;/p-1. The summed E-state index contributed by atoms with van der Waals surface area (Å²) in [5, 5.41) is 0. The number of hydrogen-bond acceptors (Lipinski definition) is 2. The van der Waals surface area contributed by atoms with Crippen LogP contribution in [-0.4, -0.2) is 43.2 Å². The summed E-state index contributed by atoms with van der Waals surface area (Å²) in [5.74, 6) is -0.184. The smallest absolute Gasteiger partial charge is 0.339 e. The predicted octanol–water partition coefficient (Wildman–Crippen LogP) is 1.26. The van der Waals surface area contributed by atoms with E-state index in [0.29, 0.717) is 6.04 Å². The number of hydrogen-bond donors (Lipinski definition) is 0. The van der Waals surface area contributed by atoms with Crippen molar-refractivity contribution in [2.45, 2.75) is 65.0 Å². The highest BCUT2D eigenvalue weighted by molar-refractivity contribution is 5.92. The molecule has 1 aliphatic carbocycles.